The van der Waals surface area contributed by atoms with Gasteiger partial charge in [-0.25, -0.2) is 4.98 Å². The summed E-state index contributed by atoms with van der Waals surface area (Å²) in [4.78, 5) is 5.91. The summed E-state index contributed by atoms with van der Waals surface area (Å²) in [5.74, 6) is 0. The maximum atomic E-state index is 4.88. The lowest BCUT2D eigenvalue weighted by Gasteiger charge is -2.03. The first-order chi connectivity index (χ1) is 13.3. The molecule has 0 aliphatic carbocycles. The molecule has 3 nitrogen and oxygen atoms in total. The average Bonchev–Trinajstić information content (AvgIpc) is 3.42. The maximum Gasteiger partial charge on any atom is 0.194 e. The highest BCUT2D eigenvalue weighted by Crippen LogP contribution is 2.33. The molecule has 0 atom stereocenters. The van der Waals surface area contributed by atoms with Crippen LogP contribution >= 0.6 is 11.3 Å². The molecule has 1 aliphatic heterocycles. The zero-order valence-electron chi connectivity index (χ0n) is 14.6. The van der Waals surface area contributed by atoms with E-state index < -0.39 is 0 Å². The van der Waals surface area contributed by atoms with E-state index >= 15 is 0 Å². The topological polar surface area (TPSA) is 29.3 Å². The molecule has 0 spiro atoms. The maximum absolute atomic E-state index is 4.88. The number of nitrogens with one attached hydrogen (secondary N) is 1. The van der Waals surface area contributed by atoms with Crippen molar-refractivity contribution < 1.29 is 0 Å². The van der Waals surface area contributed by atoms with E-state index in [1.54, 1.807) is 11.3 Å². The van der Waals surface area contributed by atoms with Gasteiger partial charge in [-0.15, -0.1) is 11.3 Å². The third-order valence-corrected chi connectivity index (χ3v) is 6.21. The van der Waals surface area contributed by atoms with Crippen LogP contribution in [0.4, 0.5) is 5.69 Å². The van der Waals surface area contributed by atoms with E-state index in [4.69, 9.17) is 4.98 Å². The predicted molar refractivity (Wildman–Crippen MR) is 114 cm³/mol. The molecule has 130 valence electrons. The van der Waals surface area contributed by atoms with Gasteiger partial charge in [0, 0.05) is 34.9 Å². The lowest BCUT2D eigenvalue weighted by molar-refractivity contribution is 1.11. The molecule has 3 aromatic carbocycles. The van der Waals surface area contributed by atoms with Crippen LogP contribution in [0.15, 0.2) is 72.2 Å². The molecule has 0 fully saturated rings. The summed E-state index contributed by atoms with van der Waals surface area (Å²) >= 11 is 1.69. The van der Waals surface area contributed by atoms with Crippen molar-refractivity contribution in [1.82, 2.24) is 9.38 Å². The second-order valence-corrected chi connectivity index (χ2v) is 7.85. The van der Waals surface area contributed by atoms with Gasteiger partial charge in [-0.3, -0.25) is 4.40 Å². The lowest BCUT2D eigenvalue weighted by Crippen LogP contribution is -1.90. The van der Waals surface area contributed by atoms with Gasteiger partial charge in [0.2, 0.25) is 0 Å². The van der Waals surface area contributed by atoms with Crippen LogP contribution in [0.3, 0.4) is 0 Å². The number of anilines is 1. The van der Waals surface area contributed by atoms with Crippen molar-refractivity contribution in [1.29, 1.82) is 0 Å². The van der Waals surface area contributed by atoms with Gasteiger partial charge in [0.25, 0.3) is 0 Å². The monoisotopic (exact) mass is 367 g/mol. The van der Waals surface area contributed by atoms with Gasteiger partial charge in [0.05, 0.1) is 11.4 Å². The summed E-state index contributed by atoms with van der Waals surface area (Å²) in [6.07, 6.45) is 3.26. The molecular formula is C23H17N3S. The molecule has 1 N–H and O–H groups in total. The Balaban J connectivity index is 1.47. The van der Waals surface area contributed by atoms with Crippen LogP contribution in [0.5, 0.6) is 0 Å². The predicted octanol–water partition coefficient (Wildman–Crippen LogP) is 5.85. The second kappa shape index (κ2) is 5.69. The minimum Gasteiger partial charge on any atom is -0.384 e. The Bertz CT molecular complexity index is 1310. The molecule has 5 aromatic rings. The number of nitrogens with zero attached hydrogens (tertiary/aromatic N) is 2. The molecule has 3 heterocycles. The minimum atomic E-state index is 1.03. The van der Waals surface area contributed by atoms with Crippen molar-refractivity contribution in [2.24, 2.45) is 0 Å². The highest BCUT2D eigenvalue weighted by molar-refractivity contribution is 7.15. The molecule has 0 saturated heterocycles. The van der Waals surface area contributed by atoms with Gasteiger partial charge in [-0.1, -0.05) is 42.5 Å². The lowest BCUT2D eigenvalue weighted by atomic mass is 10.1. The number of hydrogen-bond acceptors (Lipinski definition) is 3. The first-order valence-electron chi connectivity index (χ1n) is 9.18. The Kier molecular flexibility index (Phi) is 3.16. The molecule has 0 radical (unpaired) electrons. The number of thiazole rings is 1. The van der Waals surface area contributed by atoms with Crippen LogP contribution in [-0.4, -0.2) is 15.9 Å². The van der Waals surface area contributed by atoms with Gasteiger partial charge >= 0.3 is 0 Å². The van der Waals surface area contributed by atoms with Crippen LogP contribution in [-0.2, 0) is 6.42 Å². The van der Waals surface area contributed by atoms with Gasteiger partial charge in [0.15, 0.2) is 4.96 Å². The zero-order valence-corrected chi connectivity index (χ0v) is 15.5. The third kappa shape index (κ3) is 2.37. The van der Waals surface area contributed by atoms with Crippen molar-refractivity contribution in [3.63, 3.8) is 0 Å². The van der Waals surface area contributed by atoms with E-state index in [1.807, 2.05) is 0 Å². The summed E-state index contributed by atoms with van der Waals surface area (Å²) in [5.41, 5.74) is 7.30. The van der Waals surface area contributed by atoms with Crippen molar-refractivity contribution in [2.45, 2.75) is 6.42 Å². The molecule has 0 bridgehead atoms. The third-order valence-electron chi connectivity index (χ3n) is 5.37. The van der Waals surface area contributed by atoms with E-state index in [1.165, 1.54) is 38.8 Å². The van der Waals surface area contributed by atoms with Crippen LogP contribution in [0, 0.1) is 0 Å². The molecule has 6 rings (SSSR count). The van der Waals surface area contributed by atoms with Gasteiger partial charge in [-0.2, -0.15) is 0 Å². The Hall–Kier alpha value is -3.11. The largest absolute Gasteiger partial charge is 0.384 e. The molecule has 27 heavy (non-hydrogen) atoms. The van der Waals surface area contributed by atoms with Crippen molar-refractivity contribution in [3.05, 3.63) is 77.8 Å². The van der Waals surface area contributed by atoms with Gasteiger partial charge in [0.1, 0.15) is 0 Å². The molecule has 0 saturated carbocycles. The van der Waals surface area contributed by atoms with Gasteiger partial charge in [-0.05, 0) is 41.0 Å². The highest BCUT2D eigenvalue weighted by atomic mass is 32.1. The minimum absolute atomic E-state index is 1.03. The molecular weight excluding hydrogens is 350 g/mol. The summed E-state index contributed by atoms with van der Waals surface area (Å²) in [7, 11) is 0. The SMILES string of the molecule is c1ccc2cc(-c3csc4nc(-c5ccc6c(c5)CCN6)cn34)ccc2c1. The number of fused-ring (bicyclic) bond motifs is 3. The summed E-state index contributed by atoms with van der Waals surface area (Å²) in [6, 6.07) is 21.8. The number of aromatic nitrogens is 2. The standard InChI is InChI=1S/C23H17N3S/c1-2-4-16-11-19(6-5-15(16)3-1)22-14-27-23-25-21(13-26(22)23)17-7-8-20-18(12-17)9-10-24-20/h1-8,11-14,24H,9-10H2. The number of imidazole rings is 1. The van der Waals surface area contributed by atoms with E-state index in [0.29, 0.717) is 0 Å². The zero-order chi connectivity index (χ0) is 17.8. The van der Waals surface area contributed by atoms with Crippen LogP contribution in [0.25, 0.3) is 38.2 Å². The summed E-state index contributed by atoms with van der Waals surface area (Å²) in [6.45, 7) is 1.03. The second-order valence-electron chi connectivity index (χ2n) is 7.01. The van der Waals surface area contributed by atoms with Crippen LogP contribution in [0.2, 0.25) is 0 Å². The van der Waals surface area contributed by atoms with Crippen LogP contribution < -0.4 is 5.32 Å². The Morgan fingerprint density at radius 2 is 1.81 bits per heavy atom. The smallest absolute Gasteiger partial charge is 0.194 e. The van der Waals surface area contributed by atoms with Crippen molar-refractivity contribution >= 4 is 32.8 Å². The average molecular weight is 367 g/mol. The summed E-state index contributed by atoms with van der Waals surface area (Å²) < 4.78 is 2.22. The molecule has 2 aromatic heterocycles. The van der Waals surface area contributed by atoms with E-state index in [9.17, 15) is 0 Å². The van der Waals surface area contributed by atoms with E-state index in [2.05, 4.69) is 82.0 Å². The molecule has 0 unspecified atom stereocenters. The fourth-order valence-corrected chi connectivity index (χ4v) is 4.83. The highest BCUT2D eigenvalue weighted by Gasteiger charge is 2.14. The first kappa shape index (κ1) is 15.0. The molecule has 4 heteroatoms. The molecule has 1 aliphatic rings. The Morgan fingerprint density at radius 1 is 0.926 bits per heavy atom. The number of hydrogen-bond donors (Lipinski definition) is 1. The van der Waals surface area contributed by atoms with Crippen molar-refractivity contribution in [3.8, 4) is 22.5 Å². The van der Waals surface area contributed by atoms with E-state index in [-0.39, 0.29) is 0 Å². The van der Waals surface area contributed by atoms with E-state index in [0.717, 1.165) is 23.6 Å². The van der Waals surface area contributed by atoms with Gasteiger partial charge < -0.3 is 5.32 Å². The van der Waals surface area contributed by atoms with Crippen molar-refractivity contribution in [2.75, 3.05) is 11.9 Å². The number of benzene rings is 3. The quantitative estimate of drug-likeness (QED) is 0.424. The fraction of sp³-hybridized carbons (Fsp3) is 0.0870. The molecule has 0 amide bonds. The fourth-order valence-electron chi connectivity index (χ4n) is 3.94. The summed E-state index contributed by atoms with van der Waals surface area (Å²) in [5, 5.41) is 8.15. The van der Waals surface area contributed by atoms with Crippen LogP contribution in [0.1, 0.15) is 5.56 Å². The Morgan fingerprint density at radius 3 is 2.78 bits per heavy atom. The Labute approximate surface area is 160 Å². The number of rotatable bonds is 2. The first-order valence-corrected chi connectivity index (χ1v) is 10.1. The normalized spacial score (nSPS) is 13.2.